The molecule has 0 radical (unpaired) electrons. The molecule has 1 aliphatic heterocycles. The van der Waals surface area contributed by atoms with Gasteiger partial charge in [0.05, 0.1) is 28.9 Å². The maximum Gasteiger partial charge on any atom is 0.139 e. The van der Waals surface area contributed by atoms with E-state index in [4.69, 9.17) is 0 Å². The first-order valence-corrected chi connectivity index (χ1v) is 12.4. The first-order chi connectivity index (χ1) is 17.7. The average molecular weight is 475 g/mol. The number of likely N-dealkylation sites (tertiary alicyclic amines) is 1. The maximum atomic E-state index is 4.66. The Morgan fingerprint density at radius 3 is 2.72 bits per heavy atom. The summed E-state index contributed by atoms with van der Waals surface area (Å²) >= 11 is 0. The molecule has 0 saturated carbocycles. The lowest BCUT2D eigenvalue weighted by molar-refractivity contribution is 0.331. The van der Waals surface area contributed by atoms with Crippen molar-refractivity contribution in [1.82, 2.24) is 39.6 Å². The Kier molecular flexibility index (Phi) is 4.92. The highest BCUT2D eigenvalue weighted by Gasteiger charge is 2.16. The summed E-state index contributed by atoms with van der Waals surface area (Å²) in [5.41, 5.74) is 9.12. The minimum absolute atomic E-state index is 0.819. The van der Waals surface area contributed by atoms with E-state index in [0.29, 0.717) is 0 Å². The molecule has 0 aliphatic carbocycles. The quantitative estimate of drug-likeness (QED) is 0.356. The van der Waals surface area contributed by atoms with Gasteiger partial charge in [-0.25, -0.2) is 9.97 Å². The summed E-state index contributed by atoms with van der Waals surface area (Å²) in [6.45, 7) is 5.30. The van der Waals surface area contributed by atoms with Crippen molar-refractivity contribution in [2.45, 2.75) is 26.3 Å². The molecule has 8 nitrogen and oxygen atoms in total. The summed E-state index contributed by atoms with van der Waals surface area (Å²) in [6, 6.07) is 12.8. The van der Waals surface area contributed by atoms with Gasteiger partial charge in [-0.3, -0.25) is 15.0 Å². The van der Waals surface area contributed by atoms with E-state index in [2.05, 4.69) is 65.4 Å². The number of fused-ring (bicyclic) bond motifs is 2. The van der Waals surface area contributed by atoms with Crippen molar-refractivity contribution in [2.75, 3.05) is 13.1 Å². The fourth-order valence-corrected chi connectivity index (χ4v) is 5.25. The molecule has 36 heavy (non-hydrogen) atoms. The van der Waals surface area contributed by atoms with Crippen LogP contribution in [0.1, 0.15) is 24.1 Å². The van der Waals surface area contributed by atoms with E-state index in [1.165, 1.54) is 31.5 Å². The molecule has 0 unspecified atom stereocenters. The zero-order valence-electron chi connectivity index (χ0n) is 20.1. The summed E-state index contributed by atoms with van der Waals surface area (Å²) in [6.07, 6.45) is 12.2. The molecule has 1 aromatic carbocycles. The zero-order chi connectivity index (χ0) is 24.1. The third-order valence-corrected chi connectivity index (χ3v) is 7.05. The molecular formula is C28H26N8. The van der Waals surface area contributed by atoms with Crippen molar-refractivity contribution in [3.05, 3.63) is 78.8 Å². The van der Waals surface area contributed by atoms with Crippen LogP contribution >= 0.6 is 0 Å². The first-order valence-electron chi connectivity index (χ1n) is 12.4. The van der Waals surface area contributed by atoms with Gasteiger partial charge in [0.15, 0.2) is 0 Å². The Hall–Kier alpha value is -4.30. The fourth-order valence-electron chi connectivity index (χ4n) is 5.25. The van der Waals surface area contributed by atoms with Gasteiger partial charge in [-0.05, 0) is 74.3 Å². The van der Waals surface area contributed by atoms with Crippen molar-refractivity contribution in [2.24, 2.45) is 0 Å². The van der Waals surface area contributed by atoms with Crippen LogP contribution in [0.3, 0.4) is 0 Å². The molecule has 0 bridgehead atoms. The van der Waals surface area contributed by atoms with E-state index in [1.807, 2.05) is 48.7 Å². The van der Waals surface area contributed by atoms with Gasteiger partial charge in [-0.15, -0.1) is 0 Å². The minimum atomic E-state index is 0.819. The lowest BCUT2D eigenvalue weighted by Crippen LogP contribution is -2.18. The smallest absolute Gasteiger partial charge is 0.139 e. The highest BCUT2D eigenvalue weighted by molar-refractivity contribution is 5.98. The number of hydrogen-bond donors (Lipinski definition) is 2. The molecule has 1 fully saturated rings. The van der Waals surface area contributed by atoms with E-state index in [1.54, 1.807) is 0 Å². The number of benzene rings is 1. The highest BCUT2D eigenvalue weighted by atomic mass is 15.1. The summed E-state index contributed by atoms with van der Waals surface area (Å²) in [4.78, 5) is 19.5. The number of imidazole rings is 1. The lowest BCUT2D eigenvalue weighted by atomic mass is 10.0. The van der Waals surface area contributed by atoms with Crippen LogP contribution in [0.25, 0.3) is 50.1 Å². The topological polar surface area (TPSA) is 91.3 Å². The van der Waals surface area contributed by atoms with E-state index in [-0.39, 0.29) is 0 Å². The van der Waals surface area contributed by atoms with Crippen molar-refractivity contribution in [3.63, 3.8) is 0 Å². The highest BCUT2D eigenvalue weighted by Crippen LogP contribution is 2.33. The van der Waals surface area contributed by atoms with Gasteiger partial charge >= 0.3 is 0 Å². The van der Waals surface area contributed by atoms with Gasteiger partial charge in [0.2, 0.25) is 0 Å². The third kappa shape index (κ3) is 3.67. The summed E-state index contributed by atoms with van der Waals surface area (Å²) in [5, 5.41) is 9.94. The molecule has 0 amide bonds. The second kappa shape index (κ2) is 8.42. The van der Waals surface area contributed by atoms with Crippen LogP contribution in [-0.2, 0) is 6.54 Å². The van der Waals surface area contributed by atoms with Crippen LogP contribution in [-0.4, -0.2) is 52.7 Å². The molecule has 1 saturated heterocycles. The fraction of sp³-hybridized carbons (Fsp3) is 0.214. The maximum absolute atomic E-state index is 4.66. The average Bonchev–Trinajstić information content (AvgIpc) is 3.70. The summed E-state index contributed by atoms with van der Waals surface area (Å²) < 4.78 is 2.03. The normalized spacial score (nSPS) is 14.4. The Morgan fingerprint density at radius 1 is 0.944 bits per heavy atom. The zero-order valence-corrected chi connectivity index (χ0v) is 20.1. The van der Waals surface area contributed by atoms with Gasteiger partial charge in [-0.1, -0.05) is 6.07 Å². The monoisotopic (exact) mass is 474 g/mol. The number of aromatic nitrogens is 7. The van der Waals surface area contributed by atoms with Crippen molar-refractivity contribution >= 4 is 21.9 Å². The van der Waals surface area contributed by atoms with E-state index in [0.717, 1.165) is 62.4 Å². The number of nitrogens with zero attached hydrogens (tertiary/aromatic N) is 6. The standard InChI is InChI=1S/C28H26N8/c1-18-15-36(17-31-18)26-6-7-30-28-23(26)12-25(32-28)27-22-11-20(4-5-24(22)33-34-27)21-10-19(13-29-14-21)16-35-8-2-3-9-35/h4-7,10-15,17H,2-3,8-9,16H2,1H3,(H,30,32)(H,33,34). The molecule has 1 aliphatic rings. The van der Waals surface area contributed by atoms with Crippen molar-refractivity contribution in [3.8, 4) is 28.2 Å². The molecule has 7 rings (SSSR count). The Labute approximate surface area is 208 Å². The number of nitrogens with one attached hydrogen (secondary N) is 2. The molecule has 0 spiro atoms. The Balaban J connectivity index is 1.28. The molecule has 6 heterocycles. The van der Waals surface area contributed by atoms with Gasteiger partial charge in [0, 0.05) is 47.7 Å². The van der Waals surface area contributed by atoms with E-state index >= 15 is 0 Å². The van der Waals surface area contributed by atoms with E-state index < -0.39 is 0 Å². The number of pyridine rings is 2. The van der Waals surface area contributed by atoms with Gasteiger partial charge < -0.3 is 9.55 Å². The molecule has 5 aromatic heterocycles. The van der Waals surface area contributed by atoms with E-state index in [9.17, 15) is 0 Å². The van der Waals surface area contributed by atoms with Crippen LogP contribution in [0.15, 0.2) is 67.5 Å². The van der Waals surface area contributed by atoms with Gasteiger partial charge in [0.1, 0.15) is 11.3 Å². The summed E-state index contributed by atoms with van der Waals surface area (Å²) in [5.74, 6) is 0. The minimum Gasteiger partial charge on any atom is -0.338 e. The largest absolute Gasteiger partial charge is 0.338 e. The van der Waals surface area contributed by atoms with Crippen LogP contribution in [0.4, 0.5) is 0 Å². The first kappa shape index (κ1) is 21.0. The SMILES string of the molecule is Cc1cn(-c2ccnc3[nH]c(-c4n[nH]c5ccc(-c6cncc(CN7CCCC7)c6)cc45)cc23)cn1. The lowest BCUT2D eigenvalue weighted by Gasteiger charge is -2.14. The van der Waals surface area contributed by atoms with Crippen LogP contribution < -0.4 is 0 Å². The van der Waals surface area contributed by atoms with Gasteiger partial charge in [-0.2, -0.15) is 5.10 Å². The van der Waals surface area contributed by atoms with Crippen molar-refractivity contribution < 1.29 is 0 Å². The molecule has 8 heteroatoms. The summed E-state index contributed by atoms with van der Waals surface area (Å²) in [7, 11) is 0. The Bertz CT molecular complexity index is 1700. The van der Waals surface area contributed by atoms with Crippen LogP contribution in [0.5, 0.6) is 0 Å². The second-order valence-electron chi connectivity index (χ2n) is 9.60. The number of hydrogen-bond acceptors (Lipinski definition) is 5. The van der Waals surface area contributed by atoms with Crippen LogP contribution in [0, 0.1) is 6.92 Å². The van der Waals surface area contributed by atoms with Crippen LogP contribution in [0.2, 0.25) is 0 Å². The molecule has 6 aromatic rings. The number of H-pyrrole nitrogens is 2. The molecular weight excluding hydrogens is 448 g/mol. The van der Waals surface area contributed by atoms with Gasteiger partial charge in [0.25, 0.3) is 0 Å². The molecule has 0 atom stereocenters. The van der Waals surface area contributed by atoms with Crippen molar-refractivity contribution in [1.29, 1.82) is 0 Å². The number of aryl methyl sites for hydroxylation is 1. The Morgan fingerprint density at radius 2 is 1.86 bits per heavy atom. The molecule has 2 N–H and O–H groups in total. The third-order valence-electron chi connectivity index (χ3n) is 7.05. The predicted molar refractivity (Wildman–Crippen MR) is 141 cm³/mol. The second-order valence-corrected chi connectivity index (χ2v) is 9.60. The number of aromatic amines is 2. The number of rotatable bonds is 5. The molecule has 178 valence electrons. The predicted octanol–water partition coefficient (Wildman–Crippen LogP) is 5.26.